The number of carbonyl (C=O) groups excluding carboxylic acids is 1. The summed E-state index contributed by atoms with van der Waals surface area (Å²) in [6, 6.07) is 10.2. The first kappa shape index (κ1) is 17.0. The summed E-state index contributed by atoms with van der Waals surface area (Å²) in [5, 5.41) is 5.25. The van der Waals surface area contributed by atoms with Gasteiger partial charge in [0.05, 0.1) is 19.7 Å². The number of fused-ring (bicyclic) bond motifs is 1. The van der Waals surface area contributed by atoms with E-state index in [1.54, 1.807) is 7.11 Å². The van der Waals surface area contributed by atoms with Crippen molar-refractivity contribution in [2.24, 2.45) is 0 Å². The van der Waals surface area contributed by atoms with Crippen molar-refractivity contribution >= 4 is 17.2 Å². The maximum Gasteiger partial charge on any atom is 0.234 e. The maximum absolute atomic E-state index is 12.5. The van der Waals surface area contributed by atoms with E-state index in [4.69, 9.17) is 4.74 Å². The molecule has 3 rings (SSSR count). The van der Waals surface area contributed by atoms with E-state index in [2.05, 4.69) is 28.6 Å². The maximum atomic E-state index is 12.5. The van der Waals surface area contributed by atoms with E-state index in [0.29, 0.717) is 12.6 Å². The van der Waals surface area contributed by atoms with Gasteiger partial charge in [-0.05, 0) is 43.3 Å². The van der Waals surface area contributed by atoms with Gasteiger partial charge in [-0.3, -0.25) is 9.69 Å². The van der Waals surface area contributed by atoms with Gasteiger partial charge in [0.15, 0.2) is 0 Å². The molecule has 0 saturated carbocycles. The number of hydrogen-bond acceptors (Lipinski definition) is 4. The zero-order chi connectivity index (χ0) is 17.1. The highest BCUT2D eigenvalue weighted by molar-refractivity contribution is 7.10. The molecule has 1 N–H and O–H groups in total. The molecule has 1 aromatic heterocycles. The van der Waals surface area contributed by atoms with Crippen LogP contribution >= 0.6 is 11.3 Å². The van der Waals surface area contributed by atoms with Gasteiger partial charge in [-0.15, -0.1) is 11.3 Å². The van der Waals surface area contributed by atoms with Gasteiger partial charge in [0.25, 0.3) is 0 Å². The van der Waals surface area contributed by atoms with Crippen molar-refractivity contribution in [1.29, 1.82) is 0 Å². The Balaban J connectivity index is 1.62. The summed E-state index contributed by atoms with van der Waals surface area (Å²) in [7, 11) is 1.65. The molecule has 0 saturated heterocycles. The highest BCUT2D eigenvalue weighted by Gasteiger charge is 2.26. The van der Waals surface area contributed by atoms with Crippen LogP contribution in [0.3, 0.4) is 0 Å². The topological polar surface area (TPSA) is 41.6 Å². The molecule has 1 amide bonds. The van der Waals surface area contributed by atoms with Crippen molar-refractivity contribution < 1.29 is 9.53 Å². The second-order valence-electron chi connectivity index (χ2n) is 6.23. The number of nitrogens with zero attached hydrogens (tertiary/aromatic N) is 1. The summed E-state index contributed by atoms with van der Waals surface area (Å²) < 4.78 is 5.38. The van der Waals surface area contributed by atoms with Gasteiger partial charge < -0.3 is 10.1 Å². The molecule has 0 radical (unpaired) electrons. The first-order chi connectivity index (χ1) is 11.6. The average Bonchev–Trinajstić information content (AvgIpc) is 3.06. The largest absolute Gasteiger partial charge is 0.496 e. The third-order valence-corrected chi connectivity index (χ3v) is 5.73. The van der Waals surface area contributed by atoms with E-state index in [9.17, 15) is 4.79 Å². The molecule has 4 nitrogen and oxygen atoms in total. The van der Waals surface area contributed by atoms with E-state index < -0.39 is 0 Å². The van der Waals surface area contributed by atoms with Crippen LogP contribution in [-0.4, -0.2) is 31.0 Å². The molecular formula is C19H24N2O2S. The fraction of sp³-hybridized carbons (Fsp3) is 0.421. The summed E-state index contributed by atoms with van der Waals surface area (Å²) in [6.07, 6.45) is 1.03. The first-order valence-electron chi connectivity index (χ1n) is 8.32. The number of thiophene rings is 1. The summed E-state index contributed by atoms with van der Waals surface area (Å²) in [5.74, 6) is 0.860. The Morgan fingerprint density at radius 1 is 1.42 bits per heavy atom. The van der Waals surface area contributed by atoms with E-state index in [0.717, 1.165) is 24.3 Å². The van der Waals surface area contributed by atoms with Gasteiger partial charge in [0.2, 0.25) is 5.91 Å². The van der Waals surface area contributed by atoms with Gasteiger partial charge in [0.1, 0.15) is 5.75 Å². The number of benzene rings is 1. The number of hydrogen-bond donors (Lipinski definition) is 1. The molecule has 1 aliphatic heterocycles. The summed E-state index contributed by atoms with van der Waals surface area (Å²) >= 11 is 1.82. The summed E-state index contributed by atoms with van der Waals surface area (Å²) in [5.41, 5.74) is 2.37. The van der Waals surface area contributed by atoms with Crippen molar-refractivity contribution in [2.45, 2.75) is 32.4 Å². The van der Waals surface area contributed by atoms with Gasteiger partial charge >= 0.3 is 0 Å². The molecule has 2 heterocycles. The second kappa shape index (κ2) is 7.36. The minimum atomic E-state index is -0.0783. The monoisotopic (exact) mass is 344 g/mol. The van der Waals surface area contributed by atoms with Crippen LogP contribution in [0.25, 0.3) is 0 Å². The highest BCUT2D eigenvalue weighted by atomic mass is 32.1. The Morgan fingerprint density at radius 3 is 3.00 bits per heavy atom. The summed E-state index contributed by atoms with van der Waals surface area (Å²) in [4.78, 5) is 16.2. The fourth-order valence-electron chi connectivity index (χ4n) is 3.35. The number of para-hydroxylation sites is 1. The second-order valence-corrected chi connectivity index (χ2v) is 7.23. The molecule has 0 bridgehead atoms. The quantitative estimate of drug-likeness (QED) is 0.902. The van der Waals surface area contributed by atoms with E-state index in [-0.39, 0.29) is 11.9 Å². The third-order valence-electron chi connectivity index (χ3n) is 4.73. The molecular weight excluding hydrogens is 320 g/mol. The van der Waals surface area contributed by atoms with E-state index in [1.807, 2.05) is 42.5 Å². The summed E-state index contributed by atoms with van der Waals surface area (Å²) in [6.45, 7) is 5.54. The Labute approximate surface area is 147 Å². The minimum absolute atomic E-state index is 0.0546. The van der Waals surface area contributed by atoms with E-state index in [1.165, 1.54) is 10.4 Å². The highest BCUT2D eigenvalue weighted by Crippen LogP contribution is 2.32. The van der Waals surface area contributed by atoms with Crippen LogP contribution < -0.4 is 10.1 Å². The number of carbonyl (C=O) groups is 1. The van der Waals surface area contributed by atoms with Gasteiger partial charge in [-0.25, -0.2) is 0 Å². The first-order valence-corrected chi connectivity index (χ1v) is 9.20. The molecule has 1 aromatic carbocycles. The van der Waals surface area contributed by atoms with Crippen LogP contribution in [0.1, 0.15) is 41.9 Å². The molecule has 2 aromatic rings. The van der Waals surface area contributed by atoms with Crippen LogP contribution in [0, 0.1) is 0 Å². The zero-order valence-corrected chi connectivity index (χ0v) is 15.2. The molecule has 0 aliphatic carbocycles. The third kappa shape index (κ3) is 3.47. The molecule has 5 heteroatoms. The number of nitrogens with one attached hydrogen (secondary N) is 1. The van der Waals surface area contributed by atoms with Crippen LogP contribution in [0.15, 0.2) is 35.7 Å². The van der Waals surface area contributed by atoms with Crippen molar-refractivity contribution in [2.75, 3.05) is 20.2 Å². The molecule has 2 atom stereocenters. The molecule has 128 valence electrons. The van der Waals surface area contributed by atoms with Crippen molar-refractivity contribution in [3.63, 3.8) is 0 Å². The minimum Gasteiger partial charge on any atom is -0.496 e. The Kier molecular flexibility index (Phi) is 5.21. The number of methoxy groups -OCH3 is 1. The van der Waals surface area contributed by atoms with Crippen LogP contribution in [0.5, 0.6) is 5.75 Å². The van der Waals surface area contributed by atoms with Gasteiger partial charge in [0, 0.05) is 23.0 Å². The molecule has 0 fully saturated rings. The predicted molar refractivity (Wildman–Crippen MR) is 97.6 cm³/mol. The smallest absolute Gasteiger partial charge is 0.234 e. The Bertz CT molecular complexity index is 713. The lowest BCUT2D eigenvalue weighted by Crippen LogP contribution is -2.42. The zero-order valence-electron chi connectivity index (χ0n) is 14.4. The lowest BCUT2D eigenvalue weighted by Gasteiger charge is -2.33. The Hall–Kier alpha value is -1.85. The van der Waals surface area contributed by atoms with Gasteiger partial charge in [-0.1, -0.05) is 18.2 Å². The van der Waals surface area contributed by atoms with Crippen LogP contribution in [0.4, 0.5) is 0 Å². The molecule has 0 unspecified atom stereocenters. The van der Waals surface area contributed by atoms with E-state index >= 15 is 0 Å². The molecule has 0 spiro atoms. The van der Waals surface area contributed by atoms with Crippen molar-refractivity contribution in [3.05, 3.63) is 51.7 Å². The van der Waals surface area contributed by atoms with Crippen LogP contribution in [-0.2, 0) is 11.2 Å². The predicted octanol–water partition coefficient (Wildman–Crippen LogP) is 3.55. The number of ether oxygens (including phenoxy) is 1. The Morgan fingerprint density at radius 2 is 2.21 bits per heavy atom. The normalized spacial score (nSPS) is 18.7. The van der Waals surface area contributed by atoms with Crippen LogP contribution in [0.2, 0.25) is 0 Å². The number of amides is 1. The molecule has 1 aliphatic rings. The SMILES string of the molecule is COc1ccccc1[C@H](C)NC(=O)CN1CCc2sccc2[C@H]1C. The fourth-order valence-corrected chi connectivity index (χ4v) is 4.31. The van der Waals surface area contributed by atoms with Crippen molar-refractivity contribution in [1.82, 2.24) is 10.2 Å². The lowest BCUT2D eigenvalue weighted by molar-refractivity contribution is -0.123. The van der Waals surface area contributed by atoms with Gasteiger partial charge in [-0.2, -0.15) is 0 Å². The number of rotatable bonds is 5. The average molecular weight is 344 g/mol. The lowest BCUT2D eigenvalue weighted by atomic mass is 10.0. The van der Waals surface area contributed by atoms with Crippen molar-refractivity contribution in [3.8, 4) is 5.75 Å². The molecule has 24 heavy (non-hydrogen) atoms. The standard InChI is InChI=1S/C19H24N2O2S/c1-13(15-6-4-5-7-17(15)23-3)20-19(22)12-21-10-8-18-16(14(21)2)9-11-24-18/h4-7,9,11,13-14H,8,10,12H2,1-3H3,(H,20,22)/t13-,14+/m0/s1.